The molecule has 1 aromatic carbocycles. The fraction of sp³-hybridized carbons (Fsp3) is 0.429. The van der Waals surface area contributed by atoms with Crippen LogP contribution in [0.2, 0.25) is 0 Å². The number of nitro groups is 1. The van der Waals surface area contributed by atoms with Crippen LogP contribution in [0.25, 0.3) is 0 Å². The van der Waals surface area contributed by atoms with Crippen molar-refractivity contribution >= 4 is 17.6 Å². The van der Waals surface area contributed by atoms with Crippen LogP contribution in [-0.4, -0.2) is 35.6 Å². The molecule has 1 amide bonds. The fourth-order valence-corrected chi connectivity index (χ4v) is 1.64. The van der Waals surface area contributed by atoms with Crippen molar-refractivity contribution in [2.24, 2.45) is 0 Å². The molecule has 0 aromatic heterocycles. The number of nitrogens with zero attached hydrogens (tertiary/aromatic N) is 1. The molecule has 8 heteroatoms. The van der Waals surface area contributed by atoms with Crippen LogP contribution in [0.15, 0.2) is 24.3 Å². The lowest BCUT2D eigenvalue weighted by Crippen LogP contribution is -2.37. The maximum atomic E-state index is 11.6. The molecule has 1 aromatic rings. The largest absolute Gasteiger partial charge is 0.482 e. The molecule has 0 spiro atoms. The molecule has 1 saturated carbocycles. The van der Waals surface area contributed by atoms with Gasteiger partial charge in [0.05, 0.1) is 4.92 Å². The summed E-state index contributed by atoms with van der Waals surface area (Å²) in [5, 5.41) is 13.2. The van der Waals surface area contributed by atoms with Gasteiger partial charge < -0.3 is 14.8 Å². The second kappa shape index (κ2) is 6.88. The molecule has 2 rings (SSSR count). The minimum atomic E-state index is -0.881. The molecule has 0 aliphatic heterocycles. The highest BCUT2D eigenvalue weighted by Crippen LogP contribution is 2.19. The molecular weight excluding hydrogens is 292 g/mol. The summed E-state index contributed by atoms with van der Waals surface area (Å²) in [5.74, 6) is -0.708. The Morgan fingerprint density at radius 1 is 1.36 bits per heavy atom. The first-order valence-corrected chi connectivity index (χ1v) is 6.83. The normalized spacial score (nSPS) is 14.8. The number of benzene rings is 1. The fourth-order valence-electron chi connectivity index (χ4n) is 1.64. The summed E-state index contributed by atoms with van der Waals surface area (Å²) in [5.41, 5.74) is -0.0692. The first kappa shape index (κ1) is 15.7. The summed E-state index contributed by atoms with van der Waals surface area (Å²) in [6.45, 7) is 1.11. The minimum Gasteiger partial charge on any atom is -0.482 e. The van der Waals surface area contributed by atoms with Gasteiger partial charge in [-0.1, -0.05) is 0 Å². The molecular formula is C14H16N2O6. The highest BCUT2D eigenvalue weighted by Gasteiger charge is 2.27. The summed E-state index contributed by atoms with van der Waals surface area (Å²) < 4.78 is 10.1. The maximum absolute atomic E-state index is 11.6. The number of hydrogen-bond donors (Lipinski definition) is 1. The van der Waals surface area contributed by atoms with Gasteiger partial charge in [0, 0.05) is 18.2 Å². The molecule has 1 aliphatic carbocycles. The predicted octanol–water partition coefficient (Wildman–Crippen LogP) is 1.18. The van der Waals surface area contributed by atoms with Gasteiger partial charge in [-0.2, -0.15) is 0 Å². The molecule has 0 unspecified atom stereocenters. The van der Waals surface area contributed by atoms with Crippen LogP contribution < -0.4 is 10.1 Å². The maximum Gasteiger partial charge on any atom is 0.344 e. The van der Waals surface area contributed by atoms with Crippen molar-refractivity contribution in [1.29, 1.82) is 0 Å². The van der Waals surface area contributed by atoms with Crippen LogP contribution in [0.3, 0.4) is 0 Å². The molecule has 8 nitrogen and oxygen atoms in total. The van der Waals surface area contributed by atoms with Crippen molar-refractivity contribution in [2.45, 2.75) is 31.9 Å². The van der Waals surface area contributed by atoms with Crippen molar-refractivity contribution < 1.29 is 24.0 Å². The van der Waals surface area contributed by atoms with Crippen LogP contribution in [0, 0.1) is 10.1 Å². The second-order valence-corrected chi connectivity index (χ2v) is 4.95. The van der Waals surface area contributed by atoms with Crippen molar-refractivity contribution in [3.05, 3.63) is 34.4 Å². The molecule has 22 heavy (non-hydrogen) atoms. The van der Waals surface area contributed by atoms with E-state index in [2.05, 4.69) is 5.32 Å². The topological polar surface area (TPSA) is 108 Å². The van der Waals surface area contributed by atoms with Gasteiger partial charge in [-0.3, -0.25) is 14.9 Å². The lowest BCUT2D eigenvalue weighted by Gasteiger charge is -2.13. The standard InChI is InChI=1S/C14H16N2O6/c1-9(14(18)15-10-2-3-10)22-13(17)8-21-12-6-4-11(5-7-12)16(19)20/h4-7,9-10H,2-3,8H2,1H3,(H,15,18)/t9-/m0/s1. The van der Waals surface area contributed by atoms with E-state index in [1.165, 1.54) is 31.2 Å². The van der Waals surface area contributed by atoms with Gasteiger partial charge in [0.25, 0.3) is 11.6 Å². The number of amides is 1. The van der Waals surface area contributed by atoms with E-state index in [9.17, 15) is 19.7 Å². The first-order valence-electron chi connectivity index (χ1n) is 6.83. The number of carbonyl (C=O) groups excluding carboxylic acids is 2. The van der Waals surface area contributed by atoms with E-state index in [1.807, 2.05) is 0 Å². The zero-order valence-corrected chi connectivity index (χ0v) is 12.0. The minimum absolute atomic E-state index is 0.0692. The monoisotopic (exact) mass is 308 g/mol. The average Bonchev–Trinajstić information content (AvgIpc) is 3.29. The van der Waals surface area contributed by atoms with E-state index in [-0.39, 0.29) is 24.2 Å². The Morgan fingerprint density at radius 3 is 2.55 bits per heavy atom. The summed E-state index contributed by atoms with van der Waals surface area (Å²) in [6.07, 6.45) is 1.03. The lowest BCUT2D eigenvalue weighted by atomic mass is 10.3. The van der Waals surface area contributed by atoms with Crippen LogP contribution >= 0.6 is 0 Å². The molecule has 1 atom stereocenters. The number of non-ortho nitro benzene ring substituents is 1. The number of carbonyl (C=O) groups is 2. The smallest absolute Gasteiger partial charge is 0.344 e. The summed E-state index contributed by atoms with van der Waals surface area (Å²) in [4.78, 5) is 33.2. The number of hydrogen-bond acceptors (Lipinski definition) is 6. The quantitative estimate of drug-likeness (QED) is 0.460. The van der Waals surface area contributed by atoms with Gasteiger partial charge >= 0.3 is 5.97 Å². The van der Waals surface area contributed by atoms with E-state index in [1.54, 1.807) is 0 Å². The zero-order chi connectivity index (χ0) is 16.1. The molecule has 1 aliphatic rings. The summed E-state index contributed by atoms with van der Waals surface area (Å²) in [7, 11) is 0. The van der Waals surface area contributed by atoms with E-state index in [0.29, 0.717) is 5.75 Å². The van der Waals surface area contributed by atoms with Crippen LogP contribution in [0.1, 0.15) is 19.8 Å². The predicted molar refractivity (Wildman–Crippen MR) is 75.3 cm³/mol. The molecule has 0 saturated heterocycles. The summed E-state index contributed by atoms with van der Waals surface area (Å²) in [6, 6.07) is 5.51. The zero-order valence-electron chi connectivity index (χ0n) is 12.0. The molecule has 1 fully saturated rings. The molecule has 0 heterocycles. The second-order valence-electron chi connectivity index (χ2n) is 4.95. The summed E-state index contributed by atoms with van der Waals surface area (Å²) >= 11 is 0. The van der Waals surface area contributed by atoms with Crippen molar-refractivity contribution in [2.75, 3.05) is 6.61 Å². The molecule has 118 valence electrons. The van der Waals surface area contributed by atoms with Gasteiger partial charge in [-0.05, 0) is 31.9 Å². The molecule has 1 N–H and O–H groups in total. The molecule has 0 radical (unpaired) electrons. The van der Waals surface area contributed by atoms with Crippen molar-refractivity contribution in [3.63, 3.8) is 0 Å². The Labute approximate surface area is 126 Å². The van der Waals surface area contributed by atoms with Crippen LogP contribution in [0.5, 0.6) is 5.75 Å². The Bertz CT molecular complexity index is 567. The highest BCUT2D eigenvalue weighted by molar-refractivity contribution is 5.84. The van der Waals surface area contributed by atoms with Crippen molar-refractivity contribution in [3.8, 4) is 5.75 Å². The van der Waals surface area contributed by atoms with E-state index >= 15 is 0 Å². The number of ether oxygens (including phenoxy) is 2. The van der Waals surface area contributed by atoms with Gasteiger partial charge in [0.1, 0.15) is 5.75 Å². The Morgan fingerprint density at radius 2 is 2.00 bits per heavy atom. The van der Waals surface area contributed by atoms with E-state index < -0.39 is 17.0 Å². The third kappa shape index (κ3) is 4.72. The van der Waals surface area contributed by atoms with Gasteiger partial charge in [-0.15, -0.1) is 0 Å². The van der Waals surface area contributed by atoms with Gasteiger partial charge in [-0.25, -0.2) is 4.79 Å². The van der Waals surface area contributed by atoms with Crippen molar-refractivity contribution in [1.82, 2.24) is 5.32 Å². The Hall–Kier alpha value is -2.64. The number of esters is 1. The van der Waals surface area contributed by atoms with Gasteiger partial charge in [0.15, 0.2) is 12.7 Å². The van der Waals surface area contributed by atoms with Crippen LogP contribution in [-0.2, 0) is 14.3 Å². The van der Waals surface area contributed by atoms with E-state index in [0.717, 1.165) is 12.8 Å². The lowest BCUT2D eigenvalue weighted by molar-refractivity contribution is -0.384. The first-order chi connectivity index (χ1) is 10.5. The third-order valence-corrected chi connectivity index (χ3v) is 3.01. The Kier molecular flexibility index (Phi) is 4.92. The number of rotatable bonds is 7. The number of nitro benzene ring substituents is 1. The average molecular weight is 308 g/mol. The Balaban J connectivity index is 1.74. The van der Waals surface area contributed by atoms with Gasteiger partial charge in [0.2, 0.25) is 0 Å². The SMILES string of the molecule is C[C@H](OC(=O)COc1ccc([N+](=O)[O-])cc1)C(=O)NC1CC1. The van der Waals surface area contributed by atoms with Crippen LogP contribution in [0.4, 0.5) is 5.69 Å². The number of nitrogens with one attached hydrogen (secondary N) is 1. The highest BCUT2D eigenvalue weighted by atomic mass is 16.6. The third-order valence-electron chi connectivity index (χ3n) is 3.01. The van der Waals surface area contributed by atoms with E-state index in [4.69, 9.17) is 9.47 Å². The molecule has 0 bridgehead atoms.